The van der Waals surface area contributed by atoms with Crippen LogP contribution in [0.3, 0.4) is 0 Å². The highest BCUT2D eigenvalue weighted by atomic mass is 19.1. The lowest BCUT2D eigenvalue weighted by molar-refractivity contribution is -0.144. The van der Waals surface area contributed by atoms with E-state index in [0.717, 1.165) is 87.9 Å². The zero-order valence-electron chi connectivity index (χ0n) is 42.7. The number of nitrogens with two attached hydrogens (primary N) is 1. The first-order valence-electron chi connectivity index (χ1n) is 24.0. The van der Waals surface area contributed by atoms with Crippen LogP contribution in [0.1, 0.15) is 83.2 Å². The van der Waals surface area contributed by atoms with Crippen molar-refractivity contribution >= 4 is 36.0 Å². The summed E-state index contributed by atoms with van der Waals surface area (Å²) in [5, 5.41) is 11.6. The lowest BCUT2D eigenvalue weighted by atomic mass is 10.0. The third kappa shape index (κ3) is 22.2. The molecule has 0 spiro atoms. The fourth-order valence-corrected chi connectivity index (χ4v) is 6.69. The van der Waals surface area contributed by atoms with Gasteiger partial charge in [0, 0.05) is 56.0 Å². The van der Waals surface area contributed by atoms with Gasteiger partial charge in [-0.2, -0.15) is 0 Å². The molecule has 0 unspecified atom stereocenters. The van der Waals surface area contributed by atoms with Gasteiger partial charge in [-0.05, 0) is 107 Å². The van der Waals surface area contributed by atoms with Crippen molar-refractivity contribution in [1.29, 1.82) is 0 Å². The van der Waals surface area contributed by atoms with Crippen LogP contribution < -0.4 is 11.1 Å². The van der Waals surface area contributed by atoms with Crippen LogP contribution in [0.15, 0.2) is 109 Å². The van der Waals surface area contributed by atoms with Gasteiger partial charge in [-0.3, -0.25) is 23.8 Å². The number of esters is 2. The molecule has 1 amide bonds. The molecule has 71 heavy (non-hydrogen) atoms. The van der Waals surface area contributed by atoms with Gasteiger partial charge in [-0.15, -0.1) is 0 Å². The predicted molar refractivity (Wildman–Crippen MR) is 277 cm³/mol. The molecular formula is C57H69FN4O9. The number of hydrogen-bond donors (Lipinski definition) is 3. The lowest BCUT2D eigenvalue weighted by Gasteiger charge is -2.26. The molecule has 14 heteroatoms. The predicted octanol–water partition coefficient (Wildman–Crippen LogP) is 7.52. The molecule has 0 aliphatic carbocycles. The van der Waals surface area contributed by atoms with Crippen molar-refractivity contribution in [3.8, 4) is 23.7 Å². The fraction of sp³-hybridized carbons (Fsp3) is 0.368. The SMILES string of the molecule is COC(=O)[C@@H](N)C(C)C.COC(=O)[C@@H](NC(=O)c1ccc(C=CC#Cc2ccc(CN3CCOCC3)cc2)cc1)C(C)C.O=C(O)c1ccc(C=CC#Cc2ccc(CN3CCOCC3)cc2)cc1.[2H]CF. The zero-order valence-corrected chi connectivity index (χ0v) is 41.7. The second-order valence-electron chi connectivity index (χ2n) is 16.9. The number of rotatable bonds is 13. The monoisotopic (exact) mass is 974 g/mol. The molecule has 6 rings (SSSR count). The van der Waals surface area contributed by atoms with Gasteiger partial charge >= 0.3 is 17.9 Å². The maximum Gasteiger partial charge on any atom is 0.335 e. The Balaban J connectivity index is 0.000000317. The summed E-state index contributed by atoms with van der Waals surface area (Å²) in [5.41, 5.74) is 12.5. The normalized spacial score (nSPS) is 14.5. The number of nitrogens with zero attached hydrogens (tertiary/aromatic N) is 2. The van der Waals surface area contributed by atoms with Gasteiger partial charge in [-0.1, -0.05) is 99.9 Å². The van der Waals surface area contributed by atoms with Crippen LogP contribution in [0.4, 0.5) is 4.39 Å². The summed E-state index contributed by atoms with van der Waals surface area (Å²) in [4.78, 5) is 50.5. The highest BCUT2D eigenvalue weighted by molar-refractivity contribution is 5.97. The van der Waals surface area contributed by atoms with Crippen molar-refractivity contribution in [2.75, 3.05) is 74.0 Å². The van der Waals surface area contributed by atoms with E-state index in [2.05, 4.69) is 67.8 Å². The molecule has 2 fully saturated rings. The Labute approximate surface area is 420 Å². The number of carboxylic acid groups (broad SMARTS) is 1. The topological polar surface area (TPSA) is 170 Å². The Morgan fingerprint density at radius 1 is 0.676 bits per heavy atom. The number of carbonyl (C=O) groups is 4. The van der Waals surface area contributed by atoms with Gasteiger partial charge in [0.1, 0.15) is 12.1 Å². The molecular weight excluding hydrogens is 904 g/mol. The molecule has 0 aromatic heterocycles. The smallest absolute Gasteiger partial charge is 0.335 e. The van der Waals surface area contributed by atoms with E-state index < -0.39 is 31.2 Å². The molecule has 13 nitrogen and oxygen atoms in total. The van der Waals surface area contributed by atoms with Crippen LogP contribution in [0.25, 0.3) is 12.2 Å². The van der Waals surface area contributed by atoms with Crippen LogP contribution in [0.5, 0.6) is 0 Å². The van der Waals surface area contributed by atoms with E-state index in [1.807, 2.05) is 76.2 Å². The van der Waals surface area contributed by atoms with E-state index in [0.29, 0.717) is 5.56 Å². The Morgan fingerprint density at radius 2 is 1.07 bits per heavy atom. The van der Waals surface area contributed by atoms with Crippen molar-refractivity contribution in [3.63, 3.8) is 0 Å². The number of amides is 1. The number of methoxy groups -OCH3 is 2. The second-order valence-corrected chi connectivity index (χ2v) is 16.9. The number of carbonyl (C=O) groups excluding carboxylic acids is 3. The Morgan fingerprint density at radius 3 is 1.41 bits per heavy atom. The number of ether oxygens (including phenoxy) is 4. The summed E-state index contributed by atoms with van der Waals surface area (Å²) in [7, 11) is 1.65. The molecule has 2 aliphatic heterocycles. The van der Waals surface area contributed by atoms with E-state index in [-0.39, 0.29) is 29.3 Å². The maximum atomic E-state index is 12.5. The third-order valence-electron chi connectivity index (χ3n) is 11.0. The molecule has 2 saturated heterocycles. The van der Waals surface area contributed by atoms with Gasteiger partial charge in [0.05, 0.1) is 54.7 Å². The van der Waals surface area contributed by atoms with Gasteiger partial charge in [0.15, 0.2) is 0 Å². The number of benzene rings is 4. The number of morpholine rings is 2. The van der Waals surface area contributed by atoms with E-state index in [4.69, 9.17) is 26.4 Å². The van der Waals surface area contributed by atoms with Crippen LogP contribution in [0.2, 0.25) is 0 Å². The Bertz CT molecular complexity index is 2450. The minimum absolute atomic E-state index is 0.0712. The molecule has 4 N–H and O–H groups in total. The van der Waals surface area contributed by atoms with E-state index in [1.54, 1.807) is 48.6 Å². The first-order chi connectivity index (χ1) is 34.7. The molecule has 4 aromatic rings. The average molecular weight is 974 g/mol. The lowest BCUT2D eigenvalue weighted by Crippen LogP contribution is -2.45. The molecule has 2 aliphatic rings. The van der Waals surface area contributed by atoms with Crippen molar-refractivity contribution < 1.29 is 49.0 Å². The standard InChI is InChI=1S/C28H32N2O4.C22H21NO3.C6H13NO2.CH3F/c1-21(2)26(28(32)33-3)29-27(31)25-14-12-23(13-15-25)7-5-4-6-22-8-10-24(11-9-22)20-30-16-18-34-19-17-30;24-22(25)21-11-9-19(10-12-21)4-2-1-3-18-5-7-20(8-6-18)17-23-13-15-26-16-14-23;1-4(2)5(7)6(8)9-3;1-2/h5,7-15,21,26H,16-20H2,1-3H3,(H,29,31);2,4-12H,13-17H2,(H,24,25);4-5H,7H2,1-3H3;1H3/t26-;;5-;/m0.0./s1/i;;;1D. The van der Waals surface area contributed by atoms with Crippen LogP contribution in [0, 0.1) is 35.5 Å². The van der Waals surface area contributed by atoms with E-state index >= 15 is 0 Å². The number of allylic oxidation sites excluding steroid dienone is 2. The number of hydrogen-bond acceptors (Lipinski definition) is 11. The van der Waals surface area contributed by atoms with E-state index in [1.165, 1.54) is 25.3 Å². The summed E-state index contributed by atoms with van der Waals surface area (Å²) < 4.78 is 35.4. The zero-order chi connectivity index (χ0) is 52.7. The summed E-state index contributed by atoms with van der Waals surface area (Å²) in [6, 6.07) is 29.3. The van der Waals surface area contributed by atoms with Crippen LogP contribution >= 0.6 is 0 Å². The van der Waals surface area contributed by atoms with Crippen molar-refractivity contribution in [2.45, 2.75) is 52.9 Å². The summed E-state index contributed by atoms with van der Waals surface area (Å²) in [6.07, 6.45) is 7.33. The fourth-order valence-electron chi connectivity index (χ4n) is 6.69. The quantitative estimate of drug-likeness (QED) is 0.0892. The third-order valence-corrected chi connectivity index (χ3v) is 11.0. The summed E-state index contributed by atoms with van der Waals surface area (Å²) in [6.45, 7) is 16.5. The first kappa shape index (κ1) is 56.7. The number of carboxylic acids is 1. The number of nitrogens with one attached hydrogen (secondary N) is 1. The Kier molecular flexibility index (Phi) is 26.2. The van der Waals surface area contributed by atoms with Gasteiger partial charge < -0.3 is 35.1 Å². The molecule has 0 bridgehead atoms. The highest BCUT2D eigenvalue weighted by Crippen LogP contribution is 2.13. The second kappa shape index (κ2) is 32.8. The summed E-state index contributed by atoms with van der Waals surface area (Å²) >= 11 is 0. The van der Waals surface area contributed by atoms with Crippen molar-refractivity contribution in [1.82, 2.24) is 15.1 Å². The number of aromatic carboxylic acids is 1. The minimum atomic E-state index is -1.00. The van der Waals surface area contributed by atoms with Gasteiger partial charge in [0.25, 0.3) is 5.91 Å². The summed E-state index contributed by atoms with van der Waals surface area (Å²) in [5.74, 6) is 10.4. The molecule has 2 atom stereocenters. The van der Waals surface area contributed by atoms with Crippen LogP contribution in [-0.4, -0.2) is 125 Å². The van der Waals surface area contributed by atoms with Crippen LogP contribution in [-0.2, 0) is 41.6 Å². The van der Waals surface area contributed by atoms with Gasteiger partial charge in [-0.25, -0.2) is 9.59 Å². The molecule has 378 valence electrons. The molecule has 0 saturated carbocycles. The number of halogens is 1. The first-order valence-corrected chi connectivity index (χ1v) is 23.3. The molecule has 2 heterocycles. The maximum absolute atomic E-state index is 12.5. The van der Waals surface area contributed by atoms with Crippen molar-refractivity contribution in [3.05, 3.63) is 154 Å². The van der Waals surface area contributed by atoms with Crippen molar-refractivity contribution in [2.24, 2.45) is 17.6 Å². The highest BCUT2D eigenvalue weighted by Gasteiger charge is 2.25. The molecule has 4 aromatic carbocycles. The average Bonchev–Trinajstić information content (AvgIpc) is 3.39. The number of alkyl halides is 1. The minimum Gasteiger partial charge on any atom is -0.478 e. The van der Waals surface area contributed by atoms with Gasteiger partial charge in [0.2, 0.25) is 0 Å². The largest absolute Gasteiger partial charge is 0.478 e. The Hall–Kier alpha value is -6.91. The molecule has 0 radical (unpaired) electrons. The van der Waals surface area contributed by atoms with E-state index in [9.17, 15) is 23.6 Å².